The van der Waals surface area contributed by atoms with E-state index in [-0.39, 0.29) is 18.1 Å². The highest BCUT2D eigenvalue weighted by Gasteiger charge is 2.32. The van der Waals surface area contributed by atoms with E-state index in [9.17, 15) is 4.79 Å². The third kappa shape index (κ3) is 3.50. The van der Waals surface area contributed by atoms with Gasteiger partial charge in [-0.05, 0) is 55.2 Å². The van der Waals surface area contributed by atoms with Crippen LogP contribution in [0.4, 0.5) is 0 Å². The first-order chi connectivity index (χ1) is 12.3. The van der Waals surface area contributed by atoms with Crippen molar-refractivity contribution in [2.75, 3.05) is 0 Å². The summed E-state index contributed by atoms with van der Waals surface area (Å²) in [5, 5.41) is 4.30. The fraction of sp³-hybridized carbons (Fsp3) is 0.300. The average Bonchev–Trinajstić information content (AvgIpc) is 3.37. The second-order valence-corrected chi connectivity index (χ2v) is 6.45. The molecule has 128 valence electrons. The van der Waals surface area contributed by atoms with Crippen LogP contribution in [-0.4, -0.2) is 26.4 Å². The first-order valence-electron chi connectivity index (χ1n) is 8.70. The van der Waals surface area contributed by atoms with E-state index in [4.69, 9.17) is 4.74 Å². The van der Waals surface area contributed by atoms with Crippen LogP contribution >= 0.6 is 0 Å². The largest absolute Gasteiger partial charge is 0.460 e. The number of hydrogen-bond acceptors (Lipinski definition) is 3. The summed E-state index contributed by atoms with van der Waals surface area (Å²) in [6, 6.07) is 14.0. The van der Waals surface area contributed by atoms with Crippen LogP contribution in [0.15, 0.2) is 67.3 Å². The third-order valence-electron chi connectivity index (χ3n) is 4.75. The molecular weight excluding hydrogens is 314 g/mol. The highest BCUT2D eigenvalue weighted by Crippen LogP contribution is 2.32. The maximum absolute atomic E-state index is 12.3. The second-order valence-electron chi connectivity index (χ2n) is 6.45. The van der Waals surface area contributed by atoms with E-state index in [1.807, 2.05) is 70.3 Å². The first-order valence-corrected chi connectivity index (χ1v) is 8.70. The number of aromatic nitrogens is 3. The molecule has 0 unspecified atom stereocenters. The average molecular weight is 335 g/mol. The minimum atomic E-state index is -0.169. The number of benzene rings is 1. The lowest BCUT2D eigenvalue weighted by atomic mass is 10.1. The number of hydrogen-bond donors (Lipinski definition) is 0. The van der Waals surface area contributed by atoms with E-state index in [0.29, 0.717) is 6.42 Å². The van der Waals surface area contributed by atoms with Crippen LogP contribution < -0.4 is 0 Å². The van der Waals surface area contributed by atoms with Gasteiger partial charge in [0.25, 0.3) is 0 Å². The van der Waals surface area contributed by atoms with E-state index in [2.05, 4.69) is 5.10 Å². The molecular formula is C20H21N3O2. The normalized spacial score (nSPS) is 19.8. The van der Waals surface area contributed by atoms with Gasteiger partial charge in [-0.2, -0.15) is 5.10 Å². The van der Waals surface area contributed by atoms with Crippen LogP contribution in [0.5, 0.6) is 0 Å². The maximum Gasteiger partial charge on any atom is 0.310 e. The summed E-state index contributed by atoms with van der Waals surface area (Å²) in [7, 11) is 0. The van der Waals surface area contributed by atoms with Gasteiger partial charge in [0.2, 0.25) is 0 Å². The Labute approximate surface area is 146 Å². The standard InChI is InChI=1S/C20H21N3O2/c24-20(25-19-6-3-5-18(19)23-14-4-11-21-23)15-16-7-9-17(10-8-16)22-12-1-2-13-22/h1-2,4,7-14,18-19H,3,5-6,15H2/t18-,19-/m1/s1. The Morgan fingerprint density at radius 1 is 1.08 bits per heavy atom. The molecule has 5 heteroatoms. The molecule has 0 bridgehead atoms. The van der Waals surface area contributed by atoms with Gasteiger partial charge in [0.1, 0.15) is 6.10 Å². The fourth-order valence-corrected chi connectivity index (χ4v) is 3.49. The molecule has 1 fully saturated rings. The Hall–Kier alpha value is -2.82. The van der Waals surface area contributed by atoms with Crippen LogP contribution in [0.25, 0.3) is 5.69 Å². The predicted molar refractivity (Wildman–Crippen MR) is 94.5 cm³/mol. The molecule has 5 nitrogen and oxygen atoms in total. The molecule has 0 N–H and O–H groups in total. The lowest BCUT2D eigenvalue weighted by Gasteiger charge is -2.20. The number of ether oxygens (including phenoxy) is 1. The summed E-state index contributed by atoms with van der Waals surface area (Å²) in [6.07, 6.45) is 10.9. The Bertz CT molecular complexity index is 807. The van der Waals surface area contributed by atoms with Gasteiger partial charge in [-0.15, -0.1) is 0 Å². The van der Waals surface area contributed by atoms with Crippen LogP contribution in [0.3, 0.4) is 0 Å². The Kier molecular flexibility index (Phi) is 4.37. The summed E-state index contributed by atoms with van der Waals surface area (Å²) >= 11 is 0. The van der Waals surface area contributed by atoms with Crippen molar-refractivity contribution in [1.29, 1.82) is 0 Å². The highest BCUT2D eigenvalue weighted by molar-refractivity contribution is 5.73. The van der Waals surface area contributed by atoms with E-state index < -0.39 is 0 Å². The quantitative estimate of drug-likeness (QED) is 0.670. The summed E-state index contributed by atoms with van der Waals surface area (Å²) < 4.78 is 9.70. The SMILES string of the molecule is O=C(Cc1ccc(-n2cccc2)cc1)O[C@@H]1CCC[C@H]1n1cccn1. The lowest BCUT2D eigenvalue weighted by molar-refractivity contribution is -0.149. The van der Waals surface area contributed by atoms with Gasteiger partial charge in [-0.3, -0.25) is 9.48 Å². The van der Waals surface area contributed by atoms with Crippen molar-refractivity contribution in [2.24, 2.45) is 0 Å². The molecule has 1 aliphatic rings. The van der Waals surface area contributed by atoms with E-state index in [1.165, 1.54) is 0 Å². The van der Waals surface area contributed by atoms with Gasteiger partial charge in [0, 0.05) is 30.5 Å². The summed E-state index contributed by atoms with van der Waals surface area (Å²) in [6.45, 7) is 0. The molecule has 3 aromatic rings. The third-order valence-corrected chi connectivity index (χ3v) is 4.75. The molecule has 25 heavy (non-hydrogen) atoms. The van der Waals surface area contributed by atoms with Crippen molar-refractivity contribution < 1.29 is 9.53 Å². The fourth-order valence-electron chi connectivity index (χ4n) is 3.49. The minimum absolute atomic E-state index is 0.0773. The number of esters is 1. The maximum atomic E-state index is 12.3. The van der Waals surface area contributed by atoms with Gasteiger partial charge in [0.05, 0.1) is 12.5 Å². The Morgan fingerprint density at radius 2 is 1.88 bits per heavy atom. The molecule has 2 atom stereocenters. The number of rotatable bonds is 5. The monoisotopic (exact) mass is 335 g/mol. The first kappa shape index (κ1) is 15.7. The van der Waals surface area contributed by atoms with Crippen molar-refractivity contribution in [3.8, 4) is 5.69 Å². The Balaban J connectivity index is 1.37. The van der Waals surface area contributed by atoms with E-state index in [0.717, 1.165) is 30.5 Å². The molecule has 4 rings (SSSR count). The summed E-state index contributed by atoms with van der Waals surface area (Å²) in [4.78, 5) is 12.3. The minimum Gasteiger partial charge on any atom is -0.460 e. The highest BCUT2D eigenvalue weighted by atomic mass is 16.5. The van der Waals surface area contributed by atoms with Gasteiger partial charge < -0.3 is 9.30 Å². The molecule has 2 aromatic heterocycles. The van der Waals surface area contributed by atoms with Gasteiger partial charge >= 0.3 is 5.97 Å². The van der Waals surface area contributed by atoms with Crippen LogP contribution in [-0.2, 0) is 16.0 Å². The van der Waals surface area contributed by atoms with Crippen molar-refractivity contribution in [3.05, 3.63) is 72.8 Å². The zero-order valence-electron chi connectivity index (χ0n) is 14.0. The molecule has 1 aromatic carbocycles. The van der Waals surface area contributed by atoms with Crippen molar-refractivity contribution in [3.63, 3.8) is 0 Å². The topological polar surface area (TPSA) is 49.0 Å². The summed E-state index contributed by atoms with van der Waals surface area (Å²) in [5.41, 5.74) is 2.05. The smallest absolute Gasteiger partial charge is 0.310 e. The molecule has 1 aliphatic carbocycles. The van der Waals surface area contributed by atoms with Gasteiger partial charge in [-0.25, -0.2) is 0 Å². The van der Waals surface area contributed by atoms with Gasteiger partial charge in [0.15, 0.2) is 0 Å². The number of carbonyl (C=O) groups excluding carboxylic acids is 1. The molecule has 2 heterocycles. The van der Waals surface area contributed by atoms with Crippen LogP contribution in [0.2, 0.25) is 0 Å². The Morgan fingerprint density at radius 3 is 2.60 bits per heavy atom. The van der Waals surface area contributed by atoms with Crippen LogP contribution in [0, 0.1) is 0 Å². The lowest BCUT2D eigenvalue weighted by Crippen LogP contribution is -2.26. The number of nitrogens with zero attached hydrogens (tertiary/aromatic N) is 3. The number of carbonyl (C=O) groups is 1. The molecule has 0 radical (unpaired) electrons. The van der Waals surface area contributed by atoms with Crippen molar-refractivity contribution in [1.82, 2.24) is 14.3 Å². The van der Waals surface area contributed by atoms with E-state index >= 15 is 0 Å². The zero-order valence-corrected chi connectivity index (χ0v) is 14.0. The zero-order chi connectivity index (χ0) is 17.1. The van der Waals surface area contributed by atoms with Gasteiger partial charge in [-0.1, -0.05) is 12.1 Å². The molecule has 1 saturated carbocycles. The van der Waals surface area contributed by atoms with Crippen molar-refractivity contribution in [2.45, 2.75) is 37.8 Å². The molecule has 0 aliphatic heterocycles. The second kappa shape index (κ2) is 6.97. The van der Waals surface area contributed by atoms with E-state index in [1.54, 1.807) is 6.20 Å². The molecule has 0 saturated heterocycles. The van der Waals surface area contributed by atoms with Crippen molar-refractivity contribution >= 4 is 5.97 Å². The van der Waals surface area contributed by atoms with Crippen LogP contribution in [0.1, 0.15) is 30.9 Å². The molecule has 0 amide bonds. The summed E-state index contributed by atoms with van der Waals surface area (Å²) in [5.74, 6) is -0.169. The molecule has 0 spiro atoms. The predicted octanol–water partition coefficient (Wildman–Crippen LogP) is 3.55.